The van der Waals surface area contributed by atoms with Crippen LogP contribution in [0.1, 0.15) is 0 Å². The van der Waals surface area contributed by atoms with E-state index in [1.54, 1.807) is 0 Å². The van der Waals surface area contributed by atoms with Crippen molar-refractivity contribution in [3.8, 4) is 0 Å². The first-order valence-corrected chi connectivity index (χ1v) is 1.54. The molecule has 0 radical (unpaired) electrons. The van der Waals surface area contributed by atoms with Crippen molar-refractivity contribution < 1.29 is 19.3 Å². The molecule has 0 amide bonds. The van der Waals surface area contributed by atoms with E-state index in [1.807, 2.05) is 0 Å². The van der Waals surface area contributed by atoms with E-state index < -0.39 is 11.9 Å². The predicted octanol–water partition coefficient (Wildman–Crippen LogP) is -3.48. The van der Waals surface area contributed by atoms with Crippen LogP contribution < -0.4 is 11.8 Å². The first-order chi connectivity index (χ1) is 3.72. The van der Waals surface area contributed by atoms with Crippen LogP contribution in [0.5, 0.6) is 0 Å². The Bertz CT molecular complexity index is 104. The summed E-state index contributed by atoms with van der Waals surface area (Å²) in [6.07, 6.45) is 0. The topological polar surface area (TPSA) is 105 Å². The van der Waals surface area contributed by atoms with E-state index in [4.69, 9.17) is 0 Å². The number of nitrogens with two attached hydrogens (primary N) is 2. The maximum absolute atomic E-state index is 9.84. The van der Waals surface area contributed by atoms with Gasteiger partial charge in [0.1, 0.15) is 0 Å². The zero-order valence-corrected chi connectivity index (χ0v) is 3.79. The minimum atomic E-state index is -1.33. The first-order valence-electron chi connectivity index (χ1n) is 1.54. The molecule has 50 valence electrons. The second kappa shape index (κ2) is 9.86. The molecule has 0 bridgehead atoms. The van der Waals surface area contributed by atoms with Crippen LogP contribution in [0.3, 0.4) is 0 Å². The molecule has 0 fully saturated rings. The Morgan fingerprint density at radius 2 is 1.10 bits per heavy atom. The summed E-state index contributed by atoms with van der Waals surface area (Å²) in [5.74, 6) is 5.83. The Hall–Kier alpha value is 0.860. The van der Waals surface area contributed by atoms with Gasteiger partial charge in [-0.05, 0) is 0 Å². The molecule has 8 heteroatoms. The molecule has 0 aliphatic rings. The summed E-state index contributed by atoms with van der Waals surface area (Å²) < 4.78 is 0. The van der Waals surface area contributed by atoms with E-state index in [9.17, 15) is 9.59 Å². The van der Waals surface area contributed by atoms with Crippen molar-refractivity contribution in [2.45, 2.75) is 0 Å². The first kappa shape index (κ1) is 17.1. The van der Waals surface area contributed by atoms with E-state index in [2.05, 4.69) is 21.5 Å². The van der Waals surface area contributed by atoms with Gasteiger partial charge in [0, 0.05) is 0 Å². The normalized spacial score (nSPS) is 6.20. The molecule has 4 N–H and O–H groups in total. The Morgan fingerprint density at radius 3 is 1.20 bits per heavy atom. The average molecular weight is 168 g/mol. The predicted molar refractivity (Wildman–Crippen MR) is 34.9 cm³/mol. The van der Waals surface area contributed by atoms with Crippen LogP contribution in [0, 0.1) is 0 Å². The van der Waals surface area contributed by atoms with Crippen molar-refractivity contribution in [3.63, 3.8) is 0 Å². The summed E-state index contributed by atoms with van der Waals surface area (Å²) in [6.45, 7) is 0. The van der Waals surface area contributed by atoms with Crippen molar-refractivity contribution in [3.05, 3.63) is 0 Å². The Morgan fingerprint density at radius 1 is 0.900 bits per heavy atom. The van der Waals surface area contributed by atoms with Crippen molar-refractivity contribution in [2.24, 2.45) is 11.8 Å². The number of hydrogen-bond acceptors (Lipinski definition) is 6. The van der Waals surface area contributed by atoms with Crippen molar-refractivity contribution in [1.82, 2.24) is 0 Å². The van der Waals surface area contributed by atoms with Gasteiger partial charge in [-0.2, -0.15) is 11.8 Å². The zero-order valence-electron chi connectivity index (χ0n) is 3.79. The van der Waals surface area contributed by atoms with E-state index in [1.165, 1.54) is 0 Å². The molecule has 0 aromatic rings. The second-order valence-electron chi connectivity index (χ2n) is 0.811. The standard InChI is InChI=1S/C2H4N2O4.2Na.2H/c3-7-1(5)2(6)8-4;;;;/h3-4H2;;;;. The van der Waals surface area contributed by atoms with Gasteiger partial charge in [0.25, 0.3) is 0 Å². The average Bonchev–Trinajstić information content (AvgIpc) is 1.84. The molecule has 0 spiro atoms. The van der Waals surface area contributed by atoms with Gasteiger partial charge in [-0.25, -0.2) is 9.59 Å². The summed E-state index contributed by atoms with van der Waals surface area (Å²) in [5.41, 5.74) is 0. The molecule has 0 atom stereocenters. The molecule has 0 aliphatic heterocycles. The van der Waals surface area contributed by atoms with Crippen LogP contribution in [0.4, 0.5) is 0 Å². The monoisotopic (exact) mass is 168 g/mol. The molecule has 0 rings (SSSR count). The number of hydrogen-bond donors (Lipinski definition) is 2. The molecule has 0 heterocycles. The van der Waals surface area contributed by atoms with E-state index in [-0.39, 0.29) is 59.1 Å². The van der Waals surface area contributed by atoms with Gasteiger partial charge < -0.3 is 9.68 Å². The molecule has 0 saturated carbocycles. The molecule has 10 heavy (non-hydrogen) atoms. The SMILES string of the molecule is NOC(=O)C(=O)ON.[NaH].[NaH]. The second-order valence-corrected chi connectivity index (χ2v) is 0.811. The van der Waals surface area contributed by atoms with Gasteiger partial charge in [-0.1, -0.05) is 0 Å². The Balaban J connectivity index is -0.000000245. The number of carbonyl (C=O) groups is 2. The third-order valence-corrected chi connectivity index (χ3v) is 0.381. The van der Waals surface area contributed by atoms with Gasteiger partial charge in [0.2, 0.25) is 0 Å². The van der Waals surface area contributed by atoms with Crippen molar-refractivity contribution in [2.75, 3.05) is 0 Å². The van der Waals surface area contributed by atoms with Crippen LogP contribution in [-0.4, -0.2) is 71.1 Å². The van der Waals surface area contributed by atoms with Gasteiger partial charge >= 0.3 is 71.1 Å². The molecule has 0 saturated heterocycles. The fraction of sp³-hybridized carbons (Fsp3) is 0. The van der Waals surface area contributed by atoms with E-state index in [0.717, 1.165) is 0 Å². The van der Waals surface area contributed by atoms with Gasteiger partial charge in [-0.15, -0.1) is 0 Å². The van der Waals surface area contributed by atoms with Crippen molar-refractivity contribution in [1.29, 1.82) is 0 Å². The summed E-state index contributed by atoms with van der Waals surface area (Å²) >= 11 is 0. The fourth-order valence-electron chi connectivity index (χ4n) is 0.0962. The number of rotatable bonds is 0. The molecular formula is C2H6N2Na2O4. The van der Waals surface area contributed by atoms with Gasteiger partial charge in [0.05, 0.1) is 0 Å². The Labute approximate surface area is 101 Å². The molecular weight excluding hydrogens is 162 g/mol. The third kappa shape index (κ3) is 6.97. The fourth-order valence-corrected chi connectivity index (χ4v) is 0.0962. The molecule has 6 nitrogen and oxygen atoms in total. The van der Waals surface area contributed by atoms with Crippen LogP contribution in [0.25, 0.3) is 0 Å². The van der Waals surface area contributed by atoms with Crippen LogP contribution in [0.15, 0.2) is 0 Å². The number of carbonyl (C=O) groups excluding carboxylic acids is 2. The summed E-state index contributed by atoms with van der Waals surface area (Å²) in [7, 11) is 0. The summed E-state index contributed by atoms with van der Waals surface area (Å²) in [6, 6.07) is 0. The van der Waals surface area contributed by atoms with E-state index >= 15 is 0 Å². The minimum absolute atomic E-state index is 0. The molecule has 0 unspecified atom stereocenters. The maximum atomic E-state index is 9.84. The molecule has 0 aromatic heterocycles. The van der Waals surface area contributed by atoms with Crippen molar-refractivity contribution >= 4 is 71.1 Å². The third-order valence-electron chi connectivity index (χ3n) is 0.381. The molecule has 0 aromatic carbocycles. The van der Waals surface area contributed by atoms with Gasteiger partial charge in [-0.3, -0.25) is 0 Å². The zero-order chi connectivity index (χ0) is 6.57. The van der Waals surface area contributed by atoms with Crippen LogP contribution in [-0.2, 0) is 19.3 Å². The van der Waals surface area contributed by atoms with E-state index in [0.29, 0.717) is 0 Å². The Kier molecular flexibility index (Phi) is 16.9. The quantitative estimate of drug-likeness (QED) is 0.221. The summed E-state index contributed by atoms with van der Waals surface area (Å²) in [5, 5.41) is 0. The summed E-state index contributed by atoms with van der Waals surface area (Å²) in [4.78, 5) is 26.5. The van der Waals surface area contributed by atoms with Crippen LogP contribution in [0.2, 0.25) is 0 Å². The van der Waals surface area contributed by atoms with Crippen LogP contribution >= 0.6 is 0 Å². The molecule has 0 aliphatic carbocycles. The van der Waals surface area contributed by atoms with Gasteiger partial charge in [0.15, 0.2) is 0 Å².